The highest BCUT2D eigenvalue weighted by Crippen LogP contribution is 2.33. The largest absolute Gasteiger partial charge is 0.296 e. The summed E-state index contributed by atoms with van der Waals surface area (Å²) >= 11 is 12.7. The summed E-state index contributed by atoms with van der Waals surface area (Å²) in [5.74, 6) is 0.471. The molecular formula is C25H28Cl2N8O. The molecule has 36 heavy (non-hydrogen) atoms. The lowest BCUT2D eigenvalue weighted by molar-refractivity contribution is 0.0744. The standard InChI is InChI=1S/C25H28Cl2N8O/c1-16-22(25(36)31-34-13-5-4-6-14-34)30-24(20-12-9-18(26)15-21(20)27)35(16)19-10-7-17(8-11-19)23(28)33(3)32-29-2/h7-12,15,28H,4-6,13-14H2,1-3H3,(H,31,36). The first-order valence-corrected chi connectivity index (χ1v) is 12.4. The van der Waals surface area contributed by atoms with Crippen LogP contribution in [0.1, 0.15) is 41.0 Å². The molecule has 4 rings (SSSR count). The Hall–Kier alpha value is -3.27. The molecule has 0 bridgehead atoms. The molecule has 2 heterocycles. The van der Waals surface area contributed by atoms with Crippen LogP contribution in [0.15, 0.2) is 52.8 Å². The van der Waals surface area contributed by atoms with E-state index in [4.69, 9.17) is 33.6 Å². The first kappa shape index (κ1) is 25.8. The van der Waals surface area contributed by atoms with Gasteiger partial charge in [0.2, 0.25) is 0 Å². The lowest BCUT2D eigenvalue weighted by Crippen LogP contribution is -2.45. The average molecular weight is 527 g/mol. The van der Waals surface area contributed by atoms with Crippen LogP contribution >= 0.6 is 23.2 Å². The van der Waals surface area contributed by atoms with Crippen molar-refractivity contribution in [2.45, 2.75) is 26.2 Å². The van der Waals surface area contributed by atoms with Gasteiger partial charge in [0.1, 0.15) is 11.7 Å². The summed E-state index contributed by atoms with van der Waals surface area (Å²) in [7, 11) is 3.22. The lowest BCUT2D eigenvalue weighted by Gasteiger charge is -2.26. The van der Waals surface area contributed by atoms with E-state index in [9.17, 15) is 4.79 Å². The van der Waals surface area contributed by atoms with Gasteiger partial charge in [-0.3, -0.25) is 20.2 Å². The maximum atomic E-state index is 13.2. The number of carbonyl (C=O) groups excluding carboxylic acids is 1. The number of hydrogen-bond acceptors (Lipinski definition) is 6. The molecule has 0 atom stereocenters. The molecular weight excluding hydrogens is 499 g/mol. The Morgan fingerprint density at radius 3 is 2.44 bits per heavy atom. The van der Waals surface area contributed by atoms with Gasteiger partial charge in [0.15, 0.2) is 5.69 Å². The summed E-state index contributed by atoms with van der Waals surface area (Å²) in [4.78, 5) is 18.0. The van der Waals surface area contributed by atoms with Crippen molar-refractivity contribution in [3.63, 3.8) is 0 Å². The molecule has 0 aliphatic carbocycles. The van der Waals surface area contributed by atoms with Gasteiger partial charge < -0.3 is 0 Å². The third-order valence-electron chi connectivity index (χ3n) is 6.06. The molecule has 11 heteroatoms. The van der Waals surface area contributed by atoms with Crippen LogP contribution in [-0.2, 0) is 0 Å². The zero-order valence-electron chi connectivity index (χ0n) is 20.4. The molecule has 0 spiro atoms. The van der Waals surface area contributed by atoms with Gasteiger partial charge in [0.05, 0.1) is 17.8 Å². The zero-order chi connectivity index (χ0) is 25.8. The maximum absolute atomic E-state index is 13.2. The van der Waals surface area contributed by atoms with Gasteiger partial charge in [0, 0.05) is 42.0 Å². The highest BCUT2D eigenvalue weighted by Gasteiger charge is 2.25. The number of carbonyl (C=O) groups is 1. The third-order valence-corrected chi connectivity index (χ3v) is 6.60. The first-order chi connectivity index (χ1) is 17.3. The fraction of sp³-hybridized carbons (Fsp3) is 0.320. The van der Waals surface area contributed by atoms with Crippen molar-refractivity contribution >= 4 is 34.9 Å². The molecule has 1 amide bonds. The highest BCUT2D eigenvalue weighted by atomic mass is 35.5. The lowest BCUT2D eigenvalue weighted by atomic mass is 10.1. The second kappa shape index (κ2) is 11.2. The fourth-order valence-corrected chi connectivity index (χ4v) is 4.71. The van der Waals surface area contributed by atoms with Crippen LogP contribution in [0, 0.1) is 12.3 Å². The molecule has 2 N–H and O–H groups in total. The van der Waals surface area contributed by atoms with Gasteiger partial charge in [-0.2, -0.15) is 5.11 Å². The molecule has 1 aromatic heterocycles. The SMILES string of the molecule is CN=NN(C)C(=N)c1ccc(-n2c(-c3ccc(Cl)cc3Cl)nc(C(=O)NN3CCCCC3)c2C)cc1. The topological polar surface area (TPSA) is 102 Å². The van der Waals surface area contributed by atoms with Gasteiger partial charge in [0.25, 0.3) is 5.91 Å². The van der Waals surface area contributed by atoms with Crippen molar-refractivity contribution < 1.29 is 4.79 Å². The van der Waals surface area contributed by atoms with Crippen molar-refractivity contribution in [1.29, 1.82) is 5.41 Å². The number of hydrogen-bond donors (Lipinski definition) is 2. The van der Waals surface area contributed by atoms with E-state index < -0.39 is 0 Å². The van der Waals surface area contributed by atoms with E-state index in [0.717, 1.165) is 31.6 Å². The molecule has 2 aromatic carbocycles. The Kier molecular flexibility index (Phi) is 8.03. The number of amides is 1. The number of nitrogens with one attached hydrogen (secondary N) is 2. The zero-order valence-corrected chi connectivity index (χ0v) is 21.9. The second-order valence-corrected chi connectivity index (χ2v) is 9.37. The first-order valence-electron chi connectivity index (χ1n) is 11.6. The summed E-state index contributed by atoms with van der Waals surface area (Å²) in [6.45, 7) is 3.50. The minimum Gasteiger partial charge on any atom is -0.296 e. The molecule has 1 saturated heterocycles. The van der Waals surface area contributed by atoms with Gasteiger partial charge in [-0.25, -0.2) is 15.0 Å². The minimum atomic E-state index is -0.260. The van der Waals surface area contributed by atoms with Crippen molar-refractivity contribution in [2.75, 3.05) is 27.2 Å². The Labute approximate surface area is 220 Å². The van der Waals surface area contributed by atoms with E-state index in [1.54, 1.807) is 32.3 Å². The Morgan fingerprint density at radius 2 is 1.81 bits per heavy atom. The van der Waals surface area contributed by atoms with E-state index in [0.29, 0.717) is 38.4 Å². The second-order valence-electron chi connectivity index (χ2n) is 8.53. The van der Waals surface area contributed by atoms with Crippen LogP contribution < -0.4 is 5.43 Å². The monoisotopic (exact) mass is 526 g/mol. The number of amidine groups is 1. The van der Waals surface area contributed by atoms with Crippen molar-refractivity contribution in [3.8, 4) is 17.1 Å². The van der Waals surface area contributed by atoms with Crippen LogP contribution in [0.2, 0.25) is 10.0 Å². The maximum Gasteiger partial charge on any atom is 0.286 e. The van der Waals surface area contributed by atoms with E-state index in [2.05, 4.69) is 15.8 Å². The number of rotatable bonds is 6. The number of imidazole rings is 1. The Bertz CT molecular complexity index is 1300. The molecule has 0 unspecified atom stereocenters. The molecule has 3 aromatic rings. The van der Waals surface area contributed by atoms with Crippen molar-refractivity contribution in [1.82, 2.24) is 25.0 Å². The number of hydrazine groups is 1. The van der Waals surface area contributed by atoms with E-state index in [-0.39, 0.29) is 11.7 Å². The smallest absolute Gasteiger partial charge is 0.286 e. The highest BCUT2D eigenvalue weighted by molar-refractivity contribution is 6.36. The number of nitrogens with zero attached hydrogens (tertiary/aromatic N) is 6. The quantitative estimate of drug-likeness (QED) is 0.190. The molecule has 188 valence electrons. The molecule has 1 aliphatic rings. The van der Waals surface area contributed by atoms with Gasteiger partial charge in [-0.05, 0) is 62.2 Å². The number of piperidine rings is 1. The fourth-order valence-electron chi connectivity index (χ4n) is 4.22. The molecule has 9 nitrogen and oxygen atoms in total. The van der Waals surface area contributed by atoms with Gasteiger partial charge >= 0.3 is 0 Å². The minimum absolute atomic E-state index is 0.206. The van der Waals surface area contributed by atoms with E-state index >= 15 is 0 Å². The van der Waals surface area contributed by atoms with Crippen molar-refractivity contribution in [2.24, 2.45) is 10.3 Å². The summed E-state index contributed by atoms with van der Waals surface area (Å²) in [5, 5.41) is 20.2. The van der Waals surface area contributed by atoms with Gasteiger partial charge in [-0.1, -0.05) is 34.8 Å². The third kappa shape index (κ3) is 5.43. The van der Waals surface area contributed by atoms with Crippen LogP contribution in [0.5, 0.6) is 0 Å². The van der Waals surface area contributed by atoms with Crippen LogP contribution in [0.4, 0.5) is 0 Å². The average Bonchev–Trinajstić information content (AvgIpc) is 3.21. The summed E-state index contributed by atoms with van der Waals surface area (Å²) in [6, 6.07) is 12.6. The summed E-state index contributed by atoms with van der Waals surface area (Å²) < 4.78 is 1.89. The number of aromatic nitrogens is 2. The Balaban J connectivity index is 1.76. The van der Waals surface area contributed by atoms with Gasteiger partial charge in [-0.15, -0.1) is 0 Å². The van der Waals surface area contributed by atoms with Crippen molar-refractivity contribution in [3.05, 3.63) is 69.5 Å². The number of benzene rings is 2. The summed E-state index contributed by atoms with van der Waals surface area (Å²) in [5.41, 5.74) is 6.09. The number of halogens is 2. The molecule has 0 saturated carbocycles. The molecule has 0 radical (unpaired) electrons. The van der Waals surface area contributed by atoms with Crippen LogP contribution in [0.3, 0.4) is 0 Å². The predicted octanol–water partition coefficient (Wildman–Crippen LogP) is 5.54. The van der Waals surface area contributed by atoms with E-state index in [1.165, 1.54) is 11.4 Å². The molecule has 1 fully saturated rings. The van der Waals surface area contributed by atoms with Crippen LogP contribution in [-0.4, -0.2) is 58.5 Å². The Morgan fingerprint density at radius 1 is 1.11 bits per heavy atom. The van der Waals surface area contributed by atoms with E-state index in [1.807, 2.05) is 40.8 Å². The predicted molar refractivity (Wildman–Crippen MR) is 142 cm³/mol. The normalized spacial score (nSPS) is 14.2. The van der Waals surface area contributed by atoms with Crippen LogP contribution in [0.25, 0.3) is 17.1 Å². The summed E-state index contributed by atoms with van der Waals surface area (Å²) in [6.07, 6.45) is 3.27. The molecule has 1 aliphatic heterocycles.